The first kappa shape index (κ1) is 27.4. The minimum absolute atomic E-state index is 0.225. The van der Waals surface area contributed by atoms with Crippen molar-refractivity contribution < 1.29 is 12.8 Å². The van der Waals surface area contributed by atoms with E-state index in [1.165, 1.54) is 5.56 Å². The van der Waals surface area contributed by atoms with E-state index >= 15 is 0 Å². The fourth-order valence-electron chi connectivity index (χ4n) is 3.22. The molecule has 0 aliphatic heterocycles. The predicted octanol–water partition coefficient (Wildman–Crippen LogP) is 7.03. The largest absolute Gasteiger partial charge is 0.417 e. The van der Waals surface area contributed by atoms with Crippen LogP contribution in [0.2, 0.25) is 18.1 Å². The molecule has 0 spiro atoms. The average molecular weight is 455 g/mol. The summed E-state index contributed by atoms with van der Waals surface area (Å²) in [5.74, 6) is 0.726. The van der Waals surface area contributed by atoms with Gasteiger partial charge in [-0.2, -0.15) is 0 Å². The van der Waals surface area contributed by atoms with E-state index < -0.39 is 22.9 Å². The van der Waals surface area contributed by atoms with Crippen LogP contribution in [0.3, 0.4) is 0 Å². The van der Waals surface area contributed by atoms with E-state index in [1.54, 1.807) is 20.8 Å². The van der Waals surface area contributed by atoms with Crippen molar-refractivity contribution in [1.29, 1.82) is 0 Å². The lowest BCUT2D eigenvalue weighted by atomic mass is 9.93. The van der Waals surface area contributed by atoms with Gasteiger partial charge >= 0.3 is 0 Å². The van der Waals surface area contributed by atoms with Crippen molar-refractivity contribution in [3.8, 4) is 0 Å². The number of hydrogen-bond donors (Lipinski definition) is 0. The van der Waals surface area contributed by atoms with Crippen molar-refractivity contribution in [1.82, 2.24) is 0 Å². The summed E-state index contributed by atoms with van der Waals surface area (Å²) in [4.78, 5) is 0. The van der Waals surface area contributed by atoms with Gasteiger partial charge in [0.2, 0.25) is 0 Å². The second-order valence-electron chi connectivity index (χ2n) is 11.2. The molecule has 0 saturated carbocycles. The lowest BCUT2D eigenvalue weighted by Gasteiger charge is -2.36. The van der Waals surface area contributed by atoms with Gasteiger partial charge in [0.05, 0.1) is 10.5 Å². The molecule has 0 aromatic heterocycles. The zero-order chi connectivity index (χ0) is 23.1. The third-order valence-corrected chi connectivity index (χ3v) is 13.9. The Hall–Kier alpha value is -0.653. The van der Waals surface area contributed by atoms with Gasteiger partial charge in [0, 0.05) is 6.61 Å². The van der Waals surface area contributed by atoms with E-state index in [4.69, 9.17) is 4.43 Å². The van der Waals surface area contributed by atoms with E-state index in [-0.39, 0.29) is 10.8 Å². The Bertz CT molecular complexity index is 713. The number of rotatable bonds is 12. The molecule has 1 rings (SSSR count). The van der Waals surface area contributed by atoms with Crippen molar-refractivity contribution in [2.75, 3.05) is 12.4 Å². The fraction of sp³-hybridized carbons (Fsp3) is 0.760. The van der Waals surface area contributed by atoms with Crippen molar-refractivity contribution in [3.63, 3.8) is 0 Å². The molecule has 0 heterocycles. The van der Waals surface area contributed by atoms with Crippen molar-refractivity contribution in [3.05, 3.63) is 35.9 Å². The predicted molar refractivity (Wildman–Crippen MR) is 133 cm³/mol. The molecule has 1 atom stereocenters. The first-order valence-corrected chi connectivity index (χ1v) is 16.1. The van der Waals surface area contributed by atoms with E-state index in [1.807, 2.05) is 6.07 Å². The normalized spacial score (nSPS) is 14.7. The lowest BCUT2D eigenvalue weighted by Crippen LogP contribution is -2.41. The number of aryl methyl sites for hydroxylation is 1. The molecule has 1 aromatic carbocycles. The smallest absolute Gasteiger partial charge is 0.191 e. The van der Waals surface area contributed by atoms with Crippen molar-refractivity contribution >= 4 is 18.2 Å². The summed E-state index contributed by atoms with van der Waals surface area (Å²) in [5.41, 5.74) is 1.36. The molecule has 0 aliphatic carbocycles. The van der Waals surface area contributed by atoms with Gasteiger partial charge in [-0.05, 0) is 82.5 Å². The maximum Gasteiger partial charge on any atom is 0.191 e. The van der Waals surface area contributed by atoms with Crippen LogP contribution in [-0.2, 0) is 20.7 Å². The molecule has 0 aliphatic rings. The lowest BCUT2D eigenvalue weighted by molar-refractivity contribution is 0.263. The minimum Gasteiger partial charge on any atom is -0.417 e. The Morgan fingerprint density at radius 2 is 1.47 bits per heavy atom. The Morgan fingerprint density at radius 1 is 0.900 bits per heavy atom. The van der Waals surface area contributed by atoms with Crippen LogP contribution in [0.1, 0.15) is 79.2 Å². The summed E-state index contributed by atoms with van der Waals surface area (Å²) >= 11 is 0. The second kappa shape index (κ2) is 11.3. The van der Waals surface area contributed by atoms with Crippen LogP contribution in [0.4, 0.5) is 0 Å². The molecule has 0 bridgehead atoms. The fourth-order valence-corrected chi connectivity index (χ4v) is 5.56. The molecule has 0 amide bonds. The first-order chi connectivity index (χ1) is 13.7. The maximum absolute atomic E-state index is 12.6. The summed E-state index contributed by atoms with van der Waals surface area (Å²) in [6.45, 7) is 17.6. The van der Waals surface area contributed by atoms with E-state index in [2.05, 4.69) is 58.1 Å². The summed E-state index contributed by atoms with van der Waals surface area (Å²) in [5, 5.41) is 0.225. The monoisotopic (exact) mass is 454 g/mol. The molecular formula is C25H46O3SSi. The van der Waals surface area contributed by atoms with Crippen LogP contribution in [-0.4, -0.2) is 33.8 Å². The van der Waals surface area contributed by atoms with Gasteiger partial charge in [0.1, 0.15) is 0 Å². The summed E-state index contributed by atoms with van der Waals surface area (Å²) in [6.07, 6.45) is 6.06. The van der Waals surface area contributed by atoms with Crippen molar-refractivity contribution in [2.45, 2.75) is 103 Å². The Labute approximate surface area is 188 Å². The number of hydrogen-bond acceptors (Lipinski definition) is 3. The van der Waals surface area contributed by atoms with E-state index in [0.717, 1.165) is 45.1 Å². The van der Waals surface area contributed by atoms with E-state index in [9.17, 15) is 8.42 Å². The molecule has 174 valence electrons. The molecule has 0 fully saturated rings. The zero-order valence-electron chi connectivity index (χ0n) is 20.8. The zero-order valence-corrected chi connectivity index (χ0v) is 22.6. The van der Waals surface area contributed by atoms with Gasteiger partial charge in [0.25, 0.3) is 0 Å². The summed E-state index contributed by atoms with van der Waals surface area (Å²) < 4.78 is 30.9. The first-order valence-electron chi connectivity index (χ1n) is 11.6. The quantitative estimate of drug-likeness (QED) is 0.251. The Kier molecular flexibility index (Phi) is 10.3. The Morgan fingerprint density at radius 3 is 2.00 bits per heavy atom. The molecular weight excluding hydrogens is 408 g/mol. The van der Waals surface area contributed by atoms with Crippen LogP contribution in [0.25, 0.3) is 0 Å². The van der Waals surface area contributed by atoms with Gasteiger partial charge in [-0.1, -0.05) is 57.5 Å². The highest BCUT2D eigenvalue weighted by Crippen LogP contribution is 2.36. The second-order valence-corrected chi connectivity index (χ2v) is 18.9. The molecule has 30 heavy (non-hydrogen) atoms. The summed E-state index contributed by atoms with van der Waals surface area (Å²) in [7, 11) is -4.78. The van der Waals surface area contributed by atoms with Gasteiger partial charge < -0.3 is 4.43 Å². The molecule has 0 unspecified atom stereocenters. The molecule has 5 heteroatoms. The van der Waals surface area contributed by atoms with Crippen LogP contribution in [0.5, 0.6) is 0 Å². The highest BCUT2D eigenvalue weighted by molar-refractivity contribution is 7.92. The topological polar surface area (TPSA) is 43.4 Å². The van der Waals surface area contributed by atoms with Gasteiger partial charge in [0.15, 0.2) is 18.2 Å². The SMILES string of the molecule is CC(C)(C)[Si](C)(C)OCCC[C@@H](CCCc1ccccc1)CCS(=O)(=O)C(C)(C)C. The van der Waals surface area contributed by atoms with Crippen LogP contribution in [0, 0.1) is 5.92 Å². The third-order valence-electron chi connectivity index (χ3n) is 6.67. The minimum atomic E-state index is -3.07. The third kappa shape index (κ3) is 9.23. The van der Waals surface area contributed by atoms with Crippen molar-refractivity contribution in [2.24, 2.45) is 5.92 Å². The van der Waals surface area contributed by atoms with Gasteiger partial charge in [-0.3, -0.25) is 0 Å². The number of benzene rings is 1. The van der Waals surface area contributed by atoms with Gasteiger partial charge in [-0.15, -0.1) is 0 Å². The molecule has 0 saturated heterocycles. The summed E-state index contributed by atoms with van der Waals surface area (Å²) in [6, 6.07) is 10.6. The van der Waals surface area contributed by atoms with Gasteiger partial charge in [-0.25, -0.2) is 8.42 Å². The van der Waals surface area contributed by atoms with Crippen LogP contribution in [0.15, 0.2) is 30.3 Å². The highest BCUT2D eigenvalue weighted by atomic mass is 32.2. The number of sulfone groups is 1. The van der Waals surface area contributed by atoms with Crippen LogP contribution < -0.4 is 0 Å². The Balaban J connectivity index is 2.61. The molecule has 0 N–H and O–H groups in total. The molecule has 0 radical (unpaired) electrons. The van der Waals surface area contributed by atoms with E-state index in [0.29, 0.717) is 5.92 Å². The molecule has 3 nitrogen and oxygen atoms in total. The standard InChI is InChI=1S/C25H46O3SSi/c1-24(2,3)29(26,27)21-19-23(17-12-16-22-14-10-9-11-15-22)18-13-20-28-30(7,8)25(4,5)6/h9-11,14-15,23H,12-13,16-21H2,1-8H3/t23-/m1/s1. The maximum atomic E-state index is 12.6. The average Bonchev–Trinajstić information content (AvgIpc) is 2.61. The van der Waals surface area contributed by atoms with Crippen LogP contribution >= 0.6 is 0 Å². The highest BCUT2D eigenvalue weighted by Gasteiger charge is 2.37. The molecule has 1 aromatic rings.